The monoisotopic (exact) mass is 424 g/mol. The molecule has 0 aliphatic heterocycles. The third-order valence-electron chi connectivity index (χ3n) is 6.79. The highest BCUT2D eigenvalue weighted by Gasteiger charge is 2.26. The van der Waals surface area contributed by atoms with Gasteiger partial charge >= 0.3 is 0 Å². The lowest BCUT2D eigenvalue weighted by atomic mass is 9.84. The summed E-state index contributed by atoms with van der Waals surface area (Å²) in [5.74, 6) is 1.51. The maximum absolute atomic E-state index is 6.25. The molecule has 0 bridgehead atoms. The number of hydrogen-bond acceptors (Lipinski definition) is 4. The third kappa shape index (κ3) is 2.74. The van der Waals surface area contributed by atoms with E-state index in [0.717, 1.165) is 0 Å². The smallest absolute Gasteiger partial charge is 0.223 e. The highest BCUT2D eigenvalue weighted by atomic mass is 15.1. The average molecular weight is 425 g/mol. The number of nitrogen functional groups attached to an aromatic ring is 1. The van der Waals surface area contributed by atoms with E-state index >= 15 is 0 Å². The van der Waals surface area contributed by atoms with Gasteiger partial charge in [-0.2, -0.15) is 9.97 Å². The van der Waals surface area contributed by atoms with Crippen molar-refractivity contribution in [2.75, 3.05) is 5.73 Å². The maximum atomic E-state index is 6.25. The second-order valence-corrected chi connectivity index (χ2v) is 8.67. The van der Waals surface area contributed by atoms with Gasteiger partial charge in [0.1, 0.15) is 11.6 Å². The lowest BCUT2D eigenvalue weighted by Crippen LogP contribution is -2.15. The van der Waals surface area contributed by atoms with Gasteiger partial charge in [0.15, 0.2) is 0 Å². The van der Waals surface area contributed by atoms with Crippen molar-refractivity contribution in [1.82, 2.24) is 15.0 Å². The fourth-order valence-corrected chi connectivity index (χ4v) is 5.36. The number of nitrogens with two attached hydrogens (primary N) is 1. The van der Waals surface area contributed by atoms with E-state index in [9.17, 15) is 0 Å². The SMILES string of the molecule is Nc1nc(C2C=Cc3cccc4cccc2c34)nc(C2C=Cc3cccc4cccc2c34)n1. The number of rotatable bonds is 2. The van der Waals surface area contributed by atoms with Crippen molar-refractivity contribution in [3.05, 3.63) is 119 Å². The molecular weight excluding hydrogens is 404 g/mol. The Morgan fingerprint density at radius 3 is 1.48 bits per heavy atom. The topological polar surface area (TPSA) is 64.7 Å². The first-order valence-electron chi connectivity index (χ1n) is 11.2. The standard InChI is InChI=1S/C29H20N4/c30-29-32-27(23-15-13-19-7-1-5-17-9-3-11-21(23)25(17)19)31-28(33-29)24-16-14-20-8-2-6-18-10-4-12-22(24)26(18)20/h1-16,23-24H,(H2,30,31,32,33). The Kier molecular flexibility index (Phi) is 3.79. The molecule has 2 unspecified atom stereocenters. The van der Waals surface area contributed by atoms with Crippen LogP contribution in [0, 0.1) is 0 Å². The summed E-state index contributed by atoms with van der Waals surface area (Å²) in [7, 11) is 0. The minimum absolute atomic E-state index is 0.0664. The van der Waals surface area contributed by atoms with Crippen LogP contribution in [0.4, 0.5) is 5.95 Å². The zero-order valence-electron chi connectivity index (χ0n) is 17.8. The normalized spacial score (nSPS) is 18.2. The Morgan fingerprint density at radius 2 is 1.00 bits per heavy atom. The fraction of sp³-hybridized carbons (Fsp3) is 0.0690. The van der Waals surface area contributed by atoms with Gasteiger partial charge in [0.05, 0.1) is 11.8 Å². The molecule has 5 aromatic rings. The predicted molar refractivity (Wildman–Crippen MR) is 134 cm³/mol. The van der Waals surface area contributed by atoms with Gasteiger partial charge in [-0.25, -0.2) is 4.98 Å². The number of nitrogens with zero attached hydrogens (tertiary/aromatic N) is 3. The molecule has 4 aromatic carbocycles. The zero-order chi connectivity index (χ0) is 21.9. The van der Waals surface area contributed by atoms with Crippen molar-refractivity contribution in [2.24, 2.45) is 0 Å². The van der Waals surface area contributed by atoms with Crippen molar-refractivity contribution in [3.8, 4) is 0 Å². The lowest BCUT2D eigenvalue weighted by molar-refractivity contribution is 0.790. The molecule has 33 heavy (non-hydrogen) atoms. The Morgan fingerprint density at radius 1 is 0.545 bits per heavy atom. The molecule has 2 aliphatic carbocycles. The molecular formula is C29H20N4. The quantitative estimate of drug-likeness (QED) is 0.373. The van der Waals surface area contributed by atoms with E-state index < -0.39 is 0 Å². The second-order valence-electron chi connectivity index (χ2n) is 8.67. The summed E-state index contributed by atoms with van der Waals surface area (Å²) in [6.45, 7) is 0. The summed E-state index contributed by atoms with van der Waals surface area (Å²) in [4.78, 5) is 14.2. The van der Waals surface area contributed by atoms with Crippen LogP contribution in [0.25, 0.3) is 33.7 Å². The van der Waals surface area contributed by atoms with Crippen LogP contribution in [0.15, 0.2) is 84.9 Å². The van der Waals surface area contributed by atoms with Gasteiger partial charge in [-0.05, 0) is 43.8 Å². The molecule has 0 amide bonds. The minimum Gasteiger partial charge on any atom is -0.368 e. The summed E-state index contributed by atoms with van der Waals surface area (Å²) in [5.41, 5.74) is 11.1. The van der Waals surface area contributed by atoms with Crippen LogP contribution in [0.3, 0.4) is 0 Å². The van der Waals surface area contributed by atoms with Gasteiger partial charge < -0.3 is 5.73 Å². The van der Waals surface area contributed by atoms with Crippen molar-refractivity contribution < 1.29 is 0 Å². The lowest BCUT2D eigenvalue weighted by Gasteiger charge is -2.23. The molecule has 0 fully saturated rings. The summed E-state index contributed by atoms with van der Waals surface area (Å²) >= 11 is 0. The first-order valence-corrected chi connectivity index (χ1v) is 11.2. The van der Waals surface area contributed by atoms with Crippen molar-refractivity contribution in [2.45, 2.75) is 11.8 Å². The molecule has 2 aliphatic rings. The Labute approximate surface area is 191 Å². The highest BCUT2D eigenvalue weighted by molar-refractivity contribution is 5.97. The first kappa shape index (κ1) is 18.3. The van der Waals surface area contributed by atoms with Crippen LogP contribution in [0.2, 0.25) is 0 Å². The van der Waals surface area contributed by atoms with Crippen LogP contribution in [0.1, 0.15) is 45.7 Å². The molecule has 0 radical (unpaired) electrons. The molecule has 2 N–H and O–H groups in total. The van der Waals surface area contributed by atoms with Gasteiger partial charge in [0.25, 0.3) is 0 Å². The molecule has 4 nitrogen and oxygen atoms in total. The summed E-state index contributed by atoms with van der Waals surface area (Å²) in [6, 6.07) is 25.6. The van der Waals surface area contributed by atoms with Crippen molar-refractivity contribution in [1.29, 1.82) is 0 Å². The van der Waals surface area contributed by atoms with Gasteiger partial charge in [-0.15, -0.1) is 0 Å². The van der Waals surface area contributed by atoms with Crippen molar-refractivity contribution in [3.63, 3.8) is 0 Å². The first-order chi connectivity index (χ1) is 16.3. The highest BCUT2D eigenvalue weighted by Crippen LogP contribution is 2.40. The number of aromatic nitrogens is 3. The molecule has 1 heterocycles. The minimum atomic E-state index is -0.0664. The van der Waals surface area contributed by atoms with E-state index in [-0.39, 0.29) is 17.8 Å². The Bertz CT molecular complexity index is 1520. The largest absolute Gasteiger partial charge is 0.368 e. The predicted octanol–water partition coefficient (Wildman–Crippen LogP) is 6.08. The molecule has 0 spiro atoms. The number of benzene rings is 4. The van der Waals surface area contributed by atoms with Gasteiger partial charge in [0, 0.05) is 0 Å². The van der Waals surface area contributed by atoms with Gasteiger partial charge in [-0.1, -0.05) is 97.1 Å². The Balaban J connectivity index is 1.39. The molecule has 156 valence electrons. The van der Waals surface area contributed by atoms with E-state index in [0.29, 0.717) is 11.6 Å². The van der Waals surface area contributed by atoms with E-state index in [1.165, 1.54) is 43.8 Å². The summed E-state index contributed by atoms with van der Waals surface area (Å²) < 4.78 is 0. The van der Waals surface area contributed by atoms with Crippen LogP contribution in [-0.4, -0.2) is 15.0 Å². The molecule has 7 rings (SSSR count). The van der Waals surface area contributed by atoms with E-state index in [1.54, 1.807) is 0 Å². The molecule has 1 aromatic heterocycles. The van der Waals surface area contributed by atoms with Crippen molar-refractivity contribution >= 4 is 39.6 Å². The van der Waals surface area contributed by atoms with E-state index in [2.05, 4.69) is 107 Å². The molecule has 2 atom stereocenters. The van der Waals surface area contributed by atoms with Crippen LogP contribution in [0.5, 0.6) is 0 Å². The third-order valence-corrected chi connectivity index (χ3v) is 6.79. The van der Waals surface area contributed by atoms with Gasteiger partial charge in [0.2, 0.25) is 5.95 Å². The summed E-state index contributed by atoms with van der Waals surface area (Å²) in [5, 5.41) is 4.95. The molecule has 0 saturated heterocycles. The average Bonchev–Trinajstić information content (AvgIpc) is 2.85. The Hall–Kier alpha value is -4.31. The second kappa shape index (κ2) is 6.84. The molecule has 4 heteroatoms. The van der Waals surface area contributed by atoms with E-state index in [4.69, 9.17) is 10.7 Å². The van der Waals surface area contributed by atoms with Crippen LogP contribution in [-0.2, 0) is 0 Å². The molecule has 0 saturated carbocycles. The van der Waals surface area contributed by atoms with Crippen LogP contribution >= 0.6 is 0 Å². The fourth-order valence-electron chi connectivity index (χ4n) is 5.36. The number of hydrogen-bond donors (Lipinski definition) is 1. The maximum Gasteiger partial charge on any atom is 0.223 e. The number of anilines is 1. The van der Waals surface area contributed by atoms with Gasteiger partial charge in [-0.3, -0.25) is 0 Å². The zero-order valence-corrected chi connectivity index (χ0v) is 17.8. The number of allylic oxidation sites excluding steroid dienone is 2. The van der Waals surface area contributed by atoms with E-state index in [1.807, 2.05) is 0 Å². The summed E-state index contributed by atoms with van der Waals surface area (Å²) in [6.07, 6.45) is 8.67. The van der Waals surface area contributed by atoms with Crippen LogP contribution < -0.4 is 5.73 Å².